The highest BCUT2D eigenvalue weighted by Crippen LogP contribution is 2.24. The molecule has 0 saturated carbocycles. The Morgan fingerprint density at radius 2 is 2.08 bits per heavy atom. The molecule has 66 valence electrons. The van der Waals surface area contributed by atoms with E-state index in [9.17, 15) is 5.11 Å². The van der Waals surface area contributed by atoms with E-state index in [0.717, 1.165) is 10.0 Å². The van der Waals surface area contributed by atoms with Gasteiger partial charge in [0.05, 0.1) is 6.10 Å². The van der Waals surface area contributed by atoms with E-state index >= 15 is 0 Å². The Labute approximate surface area is 89.1 Å². The van der Waals surface area contributed by atoms with E-state index in [-0.39, 0.29) is 4.83 Å². The summed E-state index contributed by atoms with van der Waals surface area (Å²) in [7, 11) is 0. The predicted molar refractivity (Wildman–Crippen MR) is 57.5 cm³/mol. The number of alkyl halides is 1. The predicted octanol–water partition coefficient (Wildman–Crippen LogP) is 3.27. The van der Waals surface area contributed by atoms with Crippen molar-refractivity contribution in [2.45, 2.75) is 17.9 Å². The van der Waals surface area contributed by atoms with Gasteiger partial charge in [-0.25, -0.2) is 0 Å². The molecular weight excluding hydrogens is 284 g/mol. The van der Waals surface area contributed by atoms with Crippen LogP contribution in [0.2, 0.25) is 0 Å². The molecule has 0 aliphatic rings. The molecule has 1 aromatic rings. The Bertz CT molecular complexity index is 260. The van der Waals surface area contributed by atoms with E-state index in [0.29, 0.717) is 0 Å². The second-order valence-electron chi connectivity index (χ2n) is 2.68. The third kappa shape index (κ3) is 2.57. The van der Waals surface area contributed by atoms with Crippen LogP contribution in [0.25, 0.3) is 0 Å². The Balaban J connectivity index is 2.88. The van der Waals surface area contributed by atoms with E-state index < -0.39 is 6.10 Å². The van der Waals surface area contributed by atoms with Gasteiger partial charge in [-0.3, -0.25) is 0 Å². The quantitative estimate of drug-likeness (QED) is 0.830. The third-order valence-corrected chi connectivity index (χ3v) is 2.62. The summed E-state index contributed by atoms with van der Waals surface area (Å²) in [6.45, 7) is 1.92. The van der Waals surface area contributed by atoms with Crippen molar-refractivity contribution in [3.8, 4) is 0 Å². The molecule has 2 atom stereocenters. The van der Waals surface area contributed by atoms with Crippen molar-refractivity contribution in [2.24, 2.45) is 0 Å². The van der Waals surface area contributed by atoms with Gasteiger partial charge >= 0.3 is 0 Å². The number of halogens is 2. The molecule has 1 rings (SSSR count). The number of aliphatic hydroxyl groups is 1. The summed E-state index contributed by atoms with van der Waals surface area (Å²) < 4.78 is 0.993. The molecule has 0 heterocycles. The summed E-state index contributed by atoms with van der Waals surface area (Å²) in [6.07, 6.45) is -0.442. The first-order valence-electron chi connectivity index (χ1n) is 3.69. The van der Waals surface area contributed by atoms with Crippen LogP contribution in [0.3, 0.4) is 0 Å². The topological polar surface area (TPSA) is 20.2 Å². The minimum atomic E-state index is -0.442. The molecule has 12 heavy (non-hydrogen) atoms. The molecule has 0 radical (unpaired) electrons. The molecule has 0 aliphatic heterocycles. The van der Waals surface area contributed by atoms with Gasteiger partial charge in [0.2, 0.25) is 0 Å². The first-order chi connectivity index (χ1) is 5.61. The van der Waals surface area contributed by atoms with Crippen LogP contribution in [0.4, 0.5) is 0 Å². The van der Waals surface area contributed by atoms with Crippen LogP contribution in [-0.2, 0) is 0 Å². The molecular formula is C9H10Br2O. The fourth-order valence-electron chi connectivity index (χ4n) is 0.956. The van der Waals surface area contributed by atoms with Crippen LogP contribution >= 0.6 is 31.9 Å². The van der Waals surface area contributed by atoms with Crippen LogP contribution in [0.1, 0.15) is 18.6 Å². The molecule has 0 aliphatic carbocycles. The Morgan fingerprint density at radius 1 is 1.42 bits per heavy atom. The number of aliphatic hydroxyl groups excluding tert-OH is 1. The van der Waals surface area contributed by atoms with E-state index in [2.05, 4.69) is 31.9 Å². The summed E-state index contributed by atoms with van der Waals surface area (Å²) in [5.41, 5.74) is 0.925. The number of hydrogen-bond acceptors (Lipinski definition) is 1. The van der Waals surface area contributed by atoms with Crippen LogP contribution in [0.5, 0.6) is 0 Å². The van der Waals surface area contributed by atoms with E-state index in [4.69, 9.17) is 0 Å². The average molecular weight is 294 g/mol. The maximum Gasteiger partial charge on any atom is 0.0912 e. The molecule has 1 nitrogen and oxygen atoms in total. The molecule has 0 amide bonds. The molecule has 3 heteroatoms. The van der Waals surface area contributed by atoms with Gasteiger partial charge in [-0.1, -0.05) is 44.0 Å². The summed E-state index contributed by atoms with van der Waals surface area (Å²) in [5.74, 6) is 0. The molecule has 0 spiro atoms. The fraction of sp³-hybridized carbons (Fsp3) is 0.333. The van der Waals surface area contributed by atoms with Crippen molar-refractivity contribution in [3.63, 3.8) is 0 Å². The third-order valence-electron chi connectivity index (χ3n) is 1.63. The highest BCUT2D eigenvalue weighted by atomic mass is 79.9. The smallest absolute Gasteiger partial charge is 0.0912 e. The zero-order valence-corrected chi connectivity index (χ0v) is 9.84. The SMILES string of the molecule is CC(Br)C(O)c1cccc(Br)c1. The summed E-state index contributed by atoms with van der Waals surface area (Å²) in [4.78, 5) is 0.0757. The van der Waals surface area contributed by atoms with Gasteiger partial charge in [-0.2, -0.15) is 0 Å². The Morgan fingerprint density at radius 3 is 2.58 bits per heavy atom. The second kappa shape index (κ2) is 4.40. The zero-order valence-electron chi connectivity index (χ0n) is 6.67. The molecule has 0 saturated heterocycles. The number of rotatable bonds is 2. The maximum atomic E-state index is 9.65. The largest absolute Gasteiger partial charge is 0.387 e. The minimum absolute atomic E-state index is 0.0757. The molecule has 0 bridgehead atoms. The first-order valence-corrected chi connectivity index (χ1v) is 5.39. The molecule has 2 unspecified atom stereocenters. The lowest BCUT2D eigenvalue weighted by atomic mass is 10.1. The van der Waals surface area contributed by atoms with Crippen molar-refractivity contribution in [2.75, 3.05) is 0 Å². The normalized spacial score (nSPS) is 15.7. The maximum absolute atomic E-state index is 9.65. The van der Waals surface area contributed by atoms with E-state index in [1.807, 2.05) is 31.2 Å². The summed E-state index contributed by atoms with van der Waals surface area (Å²) in [6, 6.07) is 7.68. The van der Waals surface area contributed by atoms with Crippen molar-refractivity contribution < 1.29 is 5.11 Å². The Kier molecular flexibility index (Phi) is 3.75. The molecule has 1 aromatic carbocycles. The molecule has 1 N–H and O–H groups in total. The van der Waals surface area contributed by atoms with Gasteiger partial charge in [0.1, 0.15) is 0 Å². The number of benzene rings is 1. The highest BCUT2D eigenvalue weighted by Gasteiger charge is 2.12. The average Bonchev–Trinajstić information content (AvgIpc) is 2.03. The van der Waals surface area contributed by atoms with Gasteiger partial charge in [-0.15, -0.1) is 0 Å². The van der Waals surface area contributed by atoms with Crippen molar-refractivity contribution in [1.29, 1.82) is 0 Å². The lowest BCUT2D eigenvalue weighted by molar-refractivity contribution is 0.181. The zero-order chi connectivity index (χ0) is 9.14. The molecule has 0 fully saturated rings. The van der Waals surface area contributed by atoms with Gasteiger partial charge in [0, 0.05) is 9.30 Å². The Hall–Kier alpha value is 0.140. The van der Waals surface area contributed by atoms with Crippen molar-refractivity contribution >= 4 is 31.9 Å². The second-order valence-corrected chi connectivity index (χ2v) is 5.04. The van der Waals surface area contributed by atoms with Crippen LogP contribution in [-0.4, -0.2) is 9.93 Å². The van der Waals surface area contributed by atoms with Gasteiger partial charge in [0.25, 0.3) is 0 Å². The first kappa shape index (κ1) is 10.2. The van der Waals surface area contributed by atoms with Crippen molar-refractivity contribution in [1.82, 2.24) is 0 Å². The fourth-order valence-corrected chi connectivity index (χ4v) is 1.68. The van der Waals surface area contributed by atoms with Gasteiger partial charge in [0.15, 0.2) is 0 Å². The lowest BCUT2D eigenvalue weighted by Crippen LogP contribution is -2.07. The minimum Gasteiger partial charge on any atom is -0.387 e. The lowest BCUT2D eigenvalue weighted by Gasteiger charge is -2.13. The van der Waals surface area contributed by atoms with Crippen LogP contribution in [0.15, 0.2) is 28.7 Å². The molecule has 0 aromatic heterocycles. The van der Waals surface area contributed by atoms with E-state index in [1.165, 1.54) is 0 Å². The summed E-state index contributed by atoms with van der Waals surface area (Å²) >= 11 is 6.69. The standard InChI is InChI=1S/C9H10Br2O/c1-6(10)9(12)7-3-2-4-8(11)5-7/h2-6,9,12H,1H3. The highest BCUT2D eigenvalue weighted by molar-refractivity contribution is 9.10. The van der Waals surface area contributed by atoms with Crippen molar-refractivity contribution in [3.05, 3.63) is 34.3 Å². The van der Waals surface area contributed by atoms with Gasteiger partial charge in [-0.05, 0) is 24.6 Å². The summed E-state index contributed by atoms with van der Waals surface area (Å²) in [5, 5.41) is 9.65. The van der Waals surface area contributed by atoms with Crippen LogP contribution < -0.4 is 0 Å². The number of hydrogen-bond donors (Lipinski definition) is 1. The monoisotopic (exact) mass is 292 g/mol. The van der Waals surface area contributed by atoms with Crippen LogP contribution in [0, 0.1) is 0 Å². The van der Waals surface area contributed by atoms with Gasteiger partial charge < -0.3 is 5.11 Å². The van der Waals surface area contributed by atoms with E-state index in [1.54, 1.807) is 0 Å².